The van der Waals surface area contributed by atoms with Crippen molar-refractivity contribution < 1.29 is 9.50 Å². The number of rotatable bonds is 9. The molecule has 1 aromatic heterocycles. The largest absolute Gasteiger partial charge is 0.355 e. The lowest BCUT2D eigenvalue weighted by Gasteiger charge is -2.25. The van der Waals surface area contributed by atoms with E-state index in [0.29, 0.717) is 29.7 Å². The Morgan fingerprint density at radius 3 is 2.60 bits per heavy atom. The lowest BCUT2D eigenvalue weighted by molar-refractivity contribution is 0.186. The van der Waals surface area contributed by atoms with Crippen molar-refractivity contribution in [3.63, 3.8) is 0 Å². The molecule has 0 spiro atoms. The number of aromatic amines is 1. The zero-order chi connectivity index (χ0) is 25.1. The van der Waals surface area contributed by atoms with Crippen LogP contribution < -0.4 is 32.8 Å². The van der Waals surface area contributed by atoms with E-state index in [1.807, 2.05) is 37.3 Å². The minimum Gasteiger partial charge on any atom is -0.355 e. The van der Waals surface area contributed by atoms with E-state index < -0.39 is 12.2 Å². The van der Waals surface area contributed by atoms with Crippen LogP contribution in [0.15, 0.2) is 47.5 Å². The van der Waals surface area contributed by atoms with Gasteiger partial charge in [0.25, 0.3) is 0 Å². The van der Waals surface area contributed by atoms with E-state index in [2.05, 4.69) is 9.98 Å². The van der Waals surface area contributed by atoms with E-state index >= 15 is 0 Å². The standard InChI is InChI=1S/C26H32ClFN6O/c1-15(30)3-2-4-16-11-20(24(28)21(27)12-16)23-13-18-14-34(26(35)33-25(18)32-23)19-7-5-17(6-8-19)22(31)9-10-29/h5-8,11-15,22,26,35H,2-4,9-10,29-31H2,1H3,(H,32,33)/t15-,22-,26?/m0/s1. The van der Waals surface area contributed by atoms with E-state index in [1.165, 1.54) is 0 Å². The van der Waals surface area contributed by atoms with Crippen LogP contribution in [0.3, 0.4) is 0 Å². The first-order valence-electron chi connectivity index (χ1n) is 11.8. The van der Waals surface area contributed by atoms with Crippen LogP contribution in [0.25, 0.3) is 17.5 Å². The molecule has 3 aromatic rings. The number of anilines is 1. The topological polar surface area (TPSA) is 130 Å². The monoisotopic (exact) mass is 498 g/mol. The zero-order valence-electron chi connectivity index (χ0n) is 19.7. The number of halogens is 2. The number of benzene rings is 2. The quantitative estimate of drug-likeness (QED) is 0.309. The van der Waals surface area contributed by atoms with Crippen molar-refractivity contribution in [3.8, 4) is 11.3 Å². The van der Waals surface area contributed by atoms with Gasteiger partial charge in [-0.25, -0.2) is 9.38 Å². The van der Waals surface area contributed by atoms with E-state index in [4.69, 9.17) is 28.8 Å². The summed E-state index contributed by atoms with van der Waals surface area (Å²) in [6.45, 7) is 2.48. The predicted octanol–water partition coefficient (Wildman–Crippen LogP) is 2.65. The second kappa shape index (κ2) is 10.9. The third-order valence-corrected chi connectivity index (χ3v) is 6.47. The maximum absolute atomic E-state index is 15.0. The van der Waals surface area contributed by atoms with Crippen molar-refractivity contribution in [2.24, 2.45) is 22.2 Å². The number of hydrogen-bond acceptors (Lipinski definition) is 6. The van der Waals surface area contributed by atoms with E-state index in [1.54, 1.807) is 23.2 Å². The summed E-state index contributed by atoms with van der Waals surface area (Å²) >= 11 is 6.21. The van der Waals surface area contributed by atoms with Crippen molar-refractivity contribution >= 4 is 23.5 Å². The smallest absolute Gasteiger partial charge is 0.231 e. The molecule has 186 valence electrons. The summed E-state index contributed by atoms with van der Waals surface area (Å²) in [7, 11) is 0. The number of aromatic nitrogens is 1. The molecule has 2 heterocycles. The molecule has 0 radical (unpaired) electrons. The van der Waals surface area contributed by atoms with Gasteiger partial charge in [0, 0.05) is 34.8 Å². The number of aryl methyl sites for hydroxylation is 1. The van der Waals surface area contributed by atoms with Gasteiger partial charge in [0.2, 0.25) is 6.35 Å². The minimum absolute atomic E-state index is 0.0707. The van der Waals surface area contributed by atoms with Crippen LogP contribution in [0.5, 0.6) is 0 Å². The van der Waals surface area contributed by atoms with Gasteiger partial charge in [0.05, 0.1) is 10.7 Å². The highest BCUT2D eigenvalue weighted by molar-refractivity contribution is 6.31. The van der Waals surface area contributed by atoms with E-state index in [9.17, 15) is 9.50 Å². The van der Waals surface area contributed by atoms with Gasteiger partial charge in [-0.2, -0.15) is 0 Å². The fourth-order valence-corrected chi connectivity index (χ4v) is 4.51. The number of aliphatic hydroxyl groups is 1. The van der Waals surface area contributed by atoms with Crippen molar-refractivity contribution in [1.82, 2.24) is 4.98 Å². The summed E-state index contributed by atoms with van der Waals surface area (Å²) in [6, 6.07) is 12.9. The summed E-state index contributed by atoms with van der Waals surface area (Å²) in [5.74, 6) is -0.497. The normalized spacial score (nSPS) is 16.9. The molecule has 8 N–H and O–H groups in total. The van der Waals surface area contributed by atoms with Crippen LogP contribution in [0.4, 0.5) is 10.1 Å². The Hall–Kier alpha value is -2.75. The van der Waals surface area contributed by atoms with Crippen LogP contribution in [-0.4, -0.2) is 29.0 Å². The van der Waals surface area contributed by atoms with Gasteiger partial charge in [0.15, 0.2) is 5.82 Å². The lowest BCUT2D eigenvalue weighted by atomic mass is 10.0. The maximum atomic E-state index is 15.0. The average molecular weight is 499 g/mol. The molecule has 9 heteroatoms. The Kier molecular flexibility index (Phi) is 7.88. The second-order valence-electron chi connectivity index (χ2n) is 9.08. The fourth-order valence-electron chi connectivity index (χ4n) is 4.27. The van der Waals surface area contributed by atoms with Crippen LogP contribution in [0.1, 0.15) is 43.4 Å². The maximum Gasteiger partial charge on any atom is 0.231 e. The van der Waals surface area contributed by atoms with Crippen LogP contribution >= 0.6 is 11.6 Å². The molecule has 2 aromatic carbocycles. The van der Waals surface area contributed by atoms with Gasteiger partial charge in [-0.05, 0) is 80.6 Å². The first-order valence-corrected chi connectivity index (χ1v) is 12.2. The molecular formula is C26H32ClFN6O. The Morgan fingerprint density at radius 2 is 1.91 bits per heavy atom. The highest BCUT2D eigenvalue weighted by atomic mass is 35.5. The summed E-state index contributed by atoms with van der Waals surface area (Å²) in [5, 5.41) is 11.5. The number of H-pyrrole nitrogens is 1. The molecule has 0 fully saturated rings. The molecule has 0 saturated carbocycles. The Labute approximate surface area is 209 Å². The van der Waals surface area contributed by atoms with E-state index in [-0.39, 0.29) is 17.1 Å². The molecule has 1 aliphatic rings. The SMILES string of the molecule is C[C@H](N)CCCc1cc(Cl)c(F)c(-c2cc3c([nH]2)=NC(O)N(c2ccc([C@@H](N)CCN)cc2)C=3)c1. The molecule has 35 heavy (non-hydrogen) atoms. The second-order valence-corrected chi connectivity index (χ2v) is 9.49. The van der Waals surface area contributed by atoms with Crippen molar-refractivity contribution in [2.45, 2.75) is 51.0 Å². The highest BCUT2D eigenvalue weighted by Crippen LogP contribution is 2.29. The average Bonchev–Trinajstić information content (AvgIpc) is 3.23. The molecule has 4 rings (SSSR count). The number of nitrogens with zero attached hydrogens (tertiary/aromatic N) is 2. The van der Waals surface area contributed by atoms with Gasteiger partial charge in [0.1, 0.15) is 5.49 Å². The zero-order valence-corrected chi connectivity index (χ0v) is 20.5. The van der Waals surface area contributed by atoms with Gasteiger partial charge < -0.3 is 32.2 Å². The van der Waals surface area contributed by atoms with Crippen molar-refractivity contribution in [3.05, 3.63) is 75.1 Å². The molecule has 0 saturated heterocycles. The predicted molar refractivity (Wildman–Crippen MR) is 139 cm³/mol. The number of fused-ring (bicyclic) bond motifs is 1. The molecular weight excluding hydrogens is 467 g/mol. The third-order valence-electron chi connectivity index (χ3n) is 6.20. The lowest BCUT2D eigenvalue weighted by Crippen LogP contribution is -2.41. The molecule has 3 atom stereocenters. The third kappa shape index (κ3) is 5.74. The Balaban J connectivity index is 1.63. The highest BCUT2D eigenvalue weighted by Gasteiger charge is 2.20. The minimum atomic E-state index is -1.13. The molecule has 1 unspecified atom stereocenters. The molecule has 7 nitrogen and oxygen atoms in total. The fraction of sp³-hybridized carbons (Fsp3) is 0.346. The Bertz CT molecular complexity index is 1290. The van der Waals surface area contributed by atoms with Crippen LogP contribution in [0, 0.1) is 5.82 Å². The summed E-state index contributed by atoms with van der Waals surface area (Å²) in [4.78, 5) is 9.14. The summed E-state index contributed by atoms with van der Waals surface area (Å²) in [5.41, 5.74) is 21.6. The number of nitrogens with two attached hydrogens (primary N) is 3. The number of hydrogen-bond donors (Lipinski definition) is 5. The number of nitrogens with one attached hydrogen (secondary N) is 1. The van der Waals surface area contributed by atoms with Crippen LogP contribution in [-0.2, 0) is 6.42 Å². The molecule has 0 aliphatic carbocycles. The van der Waals surface area contributed by atoms with Gasteiger partial charge in [-0.3, -0.25) is 0 Å². The molecule has 0 amide bonds. The molecule has 1 aliphatic heterocycles. The van der Waals surface area contributed by atoms with Crippen LogP contribution in [0.2, 0.25) is 5.02 Å². The Morgan fingerprint density at radius 1 is 1.17 bits per heavy atom. The van der Waals surface area contributed by atoms with Gasteiger partial charge in [-0.15, -0.1) is 0 Å². The molecule has 0 bridgehead atoms. The number of aliphatic hydroxyl groups excluding tert-OH is 1. The summed E-state index contributed by atoms with van der Waals surface area (Å²) in [6.07, 6.45) is 3.87. The first-order chi connectivity index (χ1) is 16.8. The van der Waals surface area contributed by atoms with Crippen molar-refractivity contribution in [2.75, 3.05) is 11.4 Å². The van der Waals surface area contributed by atoms with Gasteiger partial charge >= 0.3 is 0 Å². The first kappa shape index (κ1) is 25.3. The van der Waals surface area contributed by atoms with Gasteiger partial charge in [-0.1, -0.05) is 23.7 Å². The van der Waals surface area contributed by atoms with Crippen molar-refractivity contribution in [1.29, 1.82) is 0 Å². The van der Waals surface area contributed by atoms with E-state index in [0.717, 1.165) is 41.3 Å². The summed E-state index contributed by atoms with van der Waals surface area (Å²) < 4.78 is 15.0.